The first-order valence-electron chi connectivity index (χ1n) is 7.76. The van der Waals surface area contributed by atoms with Crippen LogP contribution in [0, 0.1) is 0 Å². The molecule has 0 spiro atoms. The summed E-state index contributed by atoms with van der Waals surface area (Å²) >= 11 is 0. The molecule has 2 amide bonds. The Morgan fingerprint density at radius 2 is 2.09 bits per heavy atom. The quantitative estimate of drug-likeness (QED) is 0.721. The number of hydrogen-bond acceptors (Lipinski definition) is 5. The number of aliphatic hydroxyl groups is 1. The summed E-state index contributed by atoms with van der Waals surface area (Å²) in [6.45, 7) is 1.38. The summed E-state index contributed by atoms with van der Waals surface area (Å²) in [6, 6.07) is 2.72. The van der Waals surface area contributed by atoms with Crippen molar-refractivity contribution in [2.45, 2.75) is 50.9 Å². The van der Waals surface area contributed by atoms with E-state index in [1.165, 1.54) is 19.2 Å². The van der Waals surface area contributed by atoms with Gasteiger partial charge in [0, 0.05) is 25.8 Å². The van der Waals surface area contributed by atoms with E-state index in [2.05, 4.69) is 15.6 Å². The Bertz CT molecular complexity index is 564. The van der Waals surface area contributed by atoms with E-state index in [0.717, 1.165) is 19.3 Å². The van der Waals surface area contributed by atoms with Crippen LogP contribution in [0.15, 0.2) is 18.3 Å². The third kappa shape index (κ3) is 4.74. The highest BCUT2D eigenvalue weighted by Crippen LogP contribution is 2.21. The topological polar surface area (TPSA) is 101 Å². The van der Waals surface area contributed by atoms with E-state index in [-0.39, 0.29) is 24.0 Å². The number of hydrogen-bond donors (Lipinski definition) is 3. The number of aliphatic hydroxyl groups excluding tert-OH is 1. The molecular formula is C16H23N3O4. The third-order valence-electron chi connectivity index (χ3n) is 3.99. The summed E-state index contributed by atoms with van der Waals surface area (Å²) in [5.41, 5.74) is 0.383. The highest BCUT2D eigenvalue weighted by Gasteiger charge is 2.31. The van der Waals surface area contributed by atoms with Crippen molar-refractivity contribution in [3.8, 4) is 0 Å². The Morgan fingerprint density at radius 3 is 2.78 bits per heavy atom. The lowest BCUT2D eigenvalue weighted by molar-refractivity contribution is -0.114. The van der Waals surface area contributed by atoms with Gasteiger partial charge in [-0.05, 0) is 25.0 Å². The van der Waals surface area contributed by atoms with Crippen LogP contribution in [0.4, 0.5) is 5.82 Å². The fourth-order valence-electron chi connectivity index (χ4n) is 2.80. The zero-order valence-electron chi connectivity index (χ0n) is 13.4. The molecule has 0 radical (unpaired) electrons. The van der Waals surface area contributed by atoms with Crippen molar-refractivity contribution < 1.29 is 19.4 Å². The fourth-order valence-corrected chi connectivity index (χ4v) is 2.80. The molecule has 0 aromatic carbocycles. The van der Waals surface area contributed by atoms with E-state index in [0.29, 0.717) is 17.8 Å². The summed E-state index contributed by atoms with van der Waals surface area (Å²) in [4.78, 5) is 27.4. The summed E-state index contributed by atoms with van der Waals surface area (Å²) < 4.78 is 5.30. The number of methoxy groups -OCH3 is 1. The molecule has 3 N–H and O–H groups in total. The van der Waals surface area contributed by atoms with Crippen molar-refractivity contribution >= 4 is 17.6 Å². The van der Waals surface area contributed by atoms with Crippen LogP contribution in [-0.2, 0) is 9.53 Å². The Labute approximate surface area is 135 Å². The van der Waals surface area contributed by atoms with Crippen molar-refractivity contribution in [3.63, 3.8) is 0 Å². The van der Waals surface area contributed by atoms with Gasteiger partial charge in [0.25, 0.3) is 5.91 Å². The molecule has 3 atom stereocenters. The lowest BCUT2D eigenvalue weighted by atomic mass is 10.0. The Balaban J connectivity index is 2.06. The van der Waals surface area contributed by atoms with Gasteiger partial charge in [-0.3, -0.25) is 9.59 Å². The second-order valence-electron chi connectivity index (χ2n) is 5.74. The van der Waals surface area contributed by atoms with Crippen molar-refractivity contribution in [1.29, 1.82) is 0 Å². The molecule has 0 aliphatic heterocycles. The number of aromatic nitrogens is 1. The number of ether oxygens (including phenoxy) is 1. The smallest absolute Gasteiger partial charge is 0.251 e. The minimum atomic E-state index is -0.733. The maximum absolute atomic E-state index is 12.4. The van der Waals surface area contributed by atoms with Crippen molar-refractivity contribution in [1.82, 2.24) is 10.3 Å². The molecule has 7 heteroatoms. The van der Waals surface area contributed by atoms with Gasteiger partial charge in [-0.1, -0.05) is 12.8 Å². The van der Waals surface area contributed by atoms with Crippen LogP contribution < -0.4 is 10.6 Å². The van der Waals surface area contributed by atoms with Gasteiger partial charge in [-0.2, -0.15) is 0 Å². The fraction of sp³-hybridized carbons (Fsp3) is 0.562. The maximum Gasteiger partial charge on any atom is 0.251 e. The van der Waals surface area contributed by atoms with Crippen molar-refractivity contribution in [2.75, 3.05) is 12.4 Å². The van der Waals surface area contributed by atoms with Crippen LogP contribution in [0.5, 0.6) is 0 Å². The molecule has 1 heterocycles. The number of carbonyl (C=O) groups is 2. The number of anilines is 1. The van der Waals surface area contributed by atoms with Crippen LogP contribution in [-0.4, -0.2) is 47.3 Å². The van der Waals surface area contributed by atoms with E-state index >= 15 is 0 Å². The van der Waals surface area contributed by atoms with E-state index in [1.54, 1.807) is 13.2 Å². The van der Waals surface area contributed by atoms with Gasteiger partial charge < -0.3 is 20.5 Å². The van der Waals surface area contributed by atoms with Gasteiger partial charge in [-0.15, -0.1) is 0 Å². The van der Waals surface area contributed by atoms with Crippen LogP contribution in [0.2, 0.25) is 0 Å². The summed E-state index contributed by atoms with van der Waals surface area (Å²) in [6.07, 6.45) is 3.83. The van der Waals surface area contributed by atoms with Gasteiger partial charge in [0.05, 0.1) is 12.1 Å². The number of nitrogens with one attached hydrogen (secondary N) is 2. The average molecular weight is 321 g/mol. The molecule has 0 saturated heterocycles. The first-order valence-corrected chi connectivity index (χ1v) is 7.76. The molecule has 23 heavy (non-hydrogen) atoms. The second-order valence-corrected chi connectivity index (χ2v) is 5.74. The SMILES string of the molecule is CO[C@@H]1CCCC[C@@H](NC(=O)c2ccnc(NC(C)=O)c2)[C@H]1O. The predicted molar refractivity (Wildman–Crippen MR) is 85.1 cm³/mol. The summed E-state index contributed by atoms with van der Waals surface area (Å²) in [5.74, 6) is -0.238. The molecule has 1 saturated carbocycles. The number of pyridine rings is 1. The number of amides is 2. The van der Waals surface area contributed by atoms with E-state index < -0.39 is 6.10 Å². The zero-order valence-corrected chi connectivity index (χ0v) is 13.4. The Morgan fingerprint density at radius 1 is 1.35 bits per heavy atom. The second kappa shape index (κ2) is 8.03. The molecule has 2 rings (SSSR count). The Hall–Kier alpha value is -1.99. The molecule has 1 aromatic heterocycles. The average Bonchev–Trinajstić information content (AvgIpc) is 2.69. The van der Waals surface area contributed by atoms with Gasteiger partial charge in [0.1, 0.15) is 11.9 Å². The first kappa shape index (κ1) is 17.4. The maximum atomic E-state index is 12.4. The Kier molecular flexibility index (Phi) is 6.06. The number of rotatable bonds is 4. The highest BCUT2D eigenvalue weighted by molar-refractivity contribution is 5.96. The van der Waals surface area contributed by atoms with E-state index in [9.17, 15) is 14.7 Å². The molecular weight excluding hydrogens is 298 g/mol. The van der Waals surface area contributed by atoms with Crippen molar-refractivity contribution in [3.05, 3.63) is 23.9 Å². The third-order valence-corrected chi connectivity index (χ3v) is 3.99. The summed E-state index contributed by atoms with van der Waals surface area (Å²) in [5, 5.41) is 15.8. The molecule has 7 nitrogen and oxygen atoms in total. The van der Waals surface area contributed by atoms with Gasteiger partial charge in [0.15, 0.2) is 0 Å². The lowest BCUT2D eigenvalue weighted by Crippen LogP contribution is -2.48. The number of nitrogens with zero attached hydrogens (tertiary/aromatic N) is 1. The molecule has 1 aliphatic carbocycles. The van der Waals surface area contributed by atoms with E-state index in [1.807, 2.05) is 0 Å². The zero-order chi connectivity index (χ0) is 16.8. The minimum Gasteiger partial charge on any atom is -0.388 e. The number of carbonyl (C=O) groups excluding carboxylic acids is 2. The van der Waals surface area contributed by atoms with Gasteiger partial charge in [0.2, 0.25) is 5.91 Å². The normalized spacial score (nSPS) is 24.6. The predicted octanol–water partition coefficient (Wildman–Crippen LogP) is 1.09. The highest BCUT2D eigenvalue weighted by atomic mass is 16.5. The minimum absolute atomic E-state index is 0.253. The standard InChI is InChI=1S/C16H23N3O4/c1-10(20)18-14-9-11(7-8-17-14)16(22)19-12-5-3-4-6-13(23-2)15(12)21/h7-9,12-13,15,21H,3-6H2,1-2H3,(H,19,22)(H,17,18,20)/t12-,13-,15-/m1/s1. The van der Waals surface area contributed by atoms with E-state index in [4.69, 9.17) is 4.74 Å². The molecule has 1 aliphatic rings. The lowest BCUT2D eigenvalue weighted by Gasteiger charge is -2.27. The first-order chi connectivity index (χ1) is 11.0. The molecule has 0 bridgehead atoms. The molecule has 1 fully saturated rings. The van der Waals surface area contributed by atoms with Gasteiger partial charge >= 0.3 is 0 Å². The van der Waals surface area contributed by atoms with Crippen LogP contribution in [0.1, 0.15) is 43.0 Å². The van der Waals surface area contributed by atoms with Crippen LogP contribution in [0.25, 0.3) is 0 Å². The molecule has 0 unspecified atom stereocenters. The largest absolute Gasteiger partial charge is 0.388 e. The van der Waals surface area contributed by atoms with Crippen LogP contribution in [0.3, 0.4) is 0 Å². The molecule has 126 valence electrons. The van der Waals surface area contributed by atoms with Crippen LogP contribution >= 0.6 is 0 Å². The molecule has 1 aromatic rings. The summed E-state index contributed by atoms with van der Waals surface area (Å²) in [7, 11) is 1.57. The monoisotopic (exact) mass is 321 g/mol. The van der Waals surface area contributed by atoms with Crippen molar-refractivity contribution in [2.24, 2.45) is 0 Å². The van der Waals surface area contributed by atoms with Gasteiger partial charge in [-0.25, -0.2) is 4.98 Å².